The highest BCUT2D eigenvalue weighted by molar-refractivity contribution is 5.28. The van der Waals surface area contributed by atoms with Gasteiger partial charge in [0.15, 0.2) is 0 Å². The fourth-order valence-electron chi connectivity index (χ4n) is 2.60. The number of ether oxygens (including phenoxy) is 1. The van der Waals surface area contributed by atoms with Crippen LogP contribution in [0.2, 0.25) is 0 Å². The molecule has 1 aliphatic rings. The quantitative estimate of drug-likeness (QED) is 0.861. The fraction of sp³-hybridized carbons (Fsp3) is 0.625. The summed E-state index contributed by atoms with van der Waals surface area (Å²) < 4.78 is 5.78. The van der Waals surface area contributed by atoms with E-state index in [2.05, 4.69) is 4.90 Å². The number of rotatable bonds is 5. The predicted octanol–water partition coefficient (Wildman–Crippen LogP) is 1.76. The highest BCUT2D eigenvalue weighted by Gasteiger charge is 2.24. The molecule has 112 valence electrons. The second-order valence-electron chi connectivity index (χ2n) is 5.89. The Morgan fingerprint density at radius 1 is 1.35 bits per heavy atom. The molecule has 3 N–H and O–H groups in total. The first kappa shape index (κ1) is 15.3. The van der Waals surface area contributed by atoms with E-state index >= 15 is 0 Å². The van der Waals surface area contributed by atoms with E-state index in [9.17, 15) is 5.11 Å². The van der Waals surface area contributed by atoms with Gasteiger partial charge in [0.2, 0.25) is 0 Å². The Balaban J connectivity index is 1.75. The number of nitrogens with zero attached hydrogens (tertiary/aromatic N) is 1. The normalized spacial score (nSPS) is 24.4. The lowest BCUT2D eigenvalue weighted by Gasteiger charge is -2.22. The van der Waals surface area contributed by atoms with Gasteiger partial charge in [-0.05, 0) is 50.4 Å². The first-order valence-electron chi connectivity index (χ1n) is 7.46. The number of benzene rings is 1. The lowest BCUT2D eigenvalue weighted by atomic mass is 9.98. The Hall–Kier alpha value is -1.10. The van der Waals surface area contributed by atoms with Gasteiger partial charge in [-0.3, -0.25) is 4.90 Å². The Kier molecular flexibility index (Phi) is 5.40. The maximum Gasteiger partial charge on any atom is 0.119 e. The molecule has 20 heavy (non-hydrogen) atoms. The van der Waals surface area contributed by atoms with Crippen LogP contribution in [0.5, 0.6) is 5.75 Å². The second kappa shape index (κ2) is 7.07. The molecule has 0 aliphatic carbocycles. The molecule has 0 bridgehead atoms. The summed E-state index contributed by atoms with van der Waals surface area (Å²) >= 11 is 0. The van der Waals surface area contributed by atoms with E-state index in [1.54, 1.807) is 0 Å². The van der Waals surface area contributed by atoms with E-state index in [0.717, 1.165) is 50.2 Å². The third kappa shape index (κ3) is 4.78. The number of likely N-dealkylation sites (tertiary alicyclic amines) is 1. The number of aliphatic hydroxyl groups is 1. The molecule has 0 radical (unpaired) electrons. The summed E-state index contributed by atoms with van der Waals surface area (Å²) in [6, 6.07) is 7.93. The van der Waals surface area contributed by atoms with Crippen LogP contribution < -0.4 is 10.5 Å². The molecule has 1 atom stereocenters. The lowest BCUT2D eigenvalue weighted by Crippen LogP contribution is -2.31. The molecule has 1 aliphatic heterocycles. The molecule has 1 aromatic rings. The van der Waals surface area contributed by atoms with Crippen molar-refractivity contribution in [1.82, 2.24) is 4.90 Å². The minimum Gasteiger partial charge on any atom is -0.492 e. The monoisotopic (exact) mass is 278 g/mol. The van der Waals surface area contributed by atoms with Gasteiger partial charge in [-0.15, -0.1) is 0 Å². The highest BCUT2D eigenvalue weighted by atomic mass is 16.5. The zero-order chi connectivity index (χ0) is 14.4. The highest BCUT2D eigenvalue weighted by Crippen LogP contribution is 2.21. The summed E-state index contributed by atoms with van der Waals surface area (Å²) in [7, 11) is 0. The van der Waals surface area contributed by atoms with Crippen molar-refractivity contribution >= 4 is 0 Å². The van der Waals surface area contributed by atoms with Gasteiger partial charge in [0, 0.05) is 19.6 Å². The Morgan fingerprint density at radius 3 is 3.00 bits per heavy atom. The van der Waals surface area contributed by atoms with E-state index in [-0.39, 0.29) is 0 Å². The largest absolute Gasteiger partial charge is 0.492 e. The molecular formula is C16H26N2O2. The van der Waals surface area contributed by atoms with Crippen LogP contribution in [0.1, 0.15) is 31.7 Å². The summed E-state index contributed by atoms with van der Waals surface area (Å²) in [5.74, 6) is 0.884. The summed E-state index contributed by atoms with van der Waals surface area (Å²) in [6.07, 6.45) is 2.79. The van der Waals surface area contributed by atoms with Crippen molar-refractivity contribution in [2.75, 3.05) is 26.2 Å². The molecule has 4 nitrogen and oxygen atoms in total. The van der Waals surface area contributed by atoms with E-state index in [1.165, 1.54) is 0 Å². The van der Waals surface area contributed by atoms with Gasteiger partial charge in [-0.2, -0.15) is 0 Å². The molecule has 1 saturated heterocycles. The minimum absolute atomic E-state index is 0.495. The van der Waals surface area contributed by atoms with Crippen molar-refractivity contribution in [3.05, 3.63) is 29.8 Å². The van der Waals surface area contributed by atoms with Gasteiger partial charge >= 0.3 is 0 Å². The first-order valence-corrected chi connectivity index (χ1v) is 7.46. The van der Waals surface area contributed by atoms with Gasteiger partial charge in [0.25, 0.3) is 0 Å². The van der Waals surface area contributed by atoms with Crippen molar-refractivity contribution in [2.45, 2.75) is 38.3 Å². The molecule has 1 unspecified atom stereocenters. The summed E-state index contributed by atoms with van der Waals surface area (Å²) in [5, 5.41) is 10.1. The van der Waals surface area contributed by atoms with E-state index < -0.39 is 5.60 Å². The molecule has 0 aromatic heterocycles. The van der Waals surface area contributed by atoms with E-state index in [1.807, 2.05) is 31.2 Å². The van der Waals surface area contributed by atoms with E-state index in [0.29, 0.717) is 13.2 Å². The summed E-state index contributed by atoms with van der Waals surface area (Å²) in [5.41, 5.74) is 6.22. The molecule has 1 fully saturated rings. The number of hydrogen-bond donors (Lipinski definition) is 2. The maximum atomic E-state index is 10.1. The van der Waals surface area contributed by atoms with Crippen molar-refractivity contribution in [2.24, 2.45) is 5.73 Å². The van der Waals surface area contributed by atoms with Crippen molar-refractivity contribution < 1.29 is 9.84 Å². The molecule has 0 saturated carbocycles. The summed E-state index contributed by atoms with van der Waals surface area (Å²) in [4.78, 5) is 2.37. The van der Waals surface area contributed by atoms with Gasteiger partial charge in [-0.25, -0.2) is 0 Å². The van der Waals surface area contributed by atoms with Crippen LogP contribution in [0.3, 0.4) is 0 Å². The number of hydrogen-bond acceptors (Lipinski definition) is 4. The van der Waals surface area contributed by atoms with Crippen LogP contribution in [-0.2, 0) is 6.54 Å². The molecule has 1 aromatic carbocycles. The average molecular weight is 278 g/mol. The van der Waals surface area contributed by atoms with Crippen molar-refractivity contribution in [3.63, 3.8) is 0 Å². The zero-order valence-corrected chi connectivity index (χ0v) is 12.3. The molecule has 2 rings (SSSR count). The zero-order valence-electron chi connectivity index (χ0n) is 12.3. The predicted molar refractivity (Wildman–Crippen MR) is 80.7 cm³/mol. The van der Waals surface area contributed by atoms with Crippen LogP contribution in [-0.4, -0.2) is 41.8 Å². The molecule has 4 heteroatoms. The standard InChI is InChI=1S/C16H26N2O2/c1-16(19)6-3-8-18(9-7-16)10-11-20-15-5-2-4-14(12-15)13-17/h2,4-5,12,19H,3,6-11,13,17H2,1H3. The van der Waals surface area contributed by atoms with Gasteiger partial charge < -0.3 is 15.6 Å². The minimum atomic E-state index is -0.495. The molecule has 0 amide bonds. The van der Waals surface area contributed by atoms with Gasteiger partial charge in [0.1, 0.15) is 12.4 Å². The third-order valence-corrected chi connectivity index (χ3v) is 3.97. The second-order valence-corrected chi connectivity index (χ2v) is 5.89. The van der Waals surface area contributed by atoms with Crippen molar-refractivity contribution in [3.8, 4) is 5.75 Å². The topological polar surface area (TPSA) is 58.7 Å². The molecule has 1 heterocycles. The Bertz CT molecular complexity index is 421. The van der Waals surface area contributed by atoms with Crippen molar-refractivity contribution in [1.29, 1.82) is 0 Å². The lowest BCUT2D eigenvalue weighted by molar-refractivity contribution is 0.0442. The molecular weight excluding hydrogens is 252 g/mol. The van der Waals surface area contributed by atoms with Gasteiger partial charge in [-0.1, -0.05) is 12.1 Å². The molecule has 0 spiro atoms. The first-order chi connectivity index (χ1) is 9.59. The smallest absolute Gasteiger partial charge is 0.119 e. The summed E-state index contributed by atoms with van der Waals surface area (Å²) in [6.45, 7) is 6.05. The fourth-order valence-corrected chi connectivity index (χ4v) is 2.60. The van der Waals surface area contributed by atoms with Gasteiger partial charge in [0.05, 0.1) is 5.60 Å². The van der Waals surface area contributed by atoms with Crippen LogP contribution >= 0.6 is 0 Å². The number of nitrogens with two attached hydrogens (primary N) is 1. The average Bonchev–Trinajstić information content (AvgIpc) is 2.60. The van der Waals surface area contributed by atoms with Crippen LogP contribution in [0.25, 0.3) is 0 Å². The van der Waals surface area contributed by atoms with Crippen LogP contribution in [0.4, 0.5) is 0 Å². The Labute approximate surface area is 121 Å². The van der Waals surface area contributed by atoms with E-state index in [4.69, 9.17) is 10.5 Å². The van der Waals surface area contributed by atoms with Crippen LogP contribution in [0, 0.1) is 0 Å². The SMILES string of the molecule is CC1(O)CCCN(CCOc2cccc(CN)c2)CC1. The van der Waals surface area contributed by atoms with Crippen LogP contribution in [0.15, 0.2) is 24.3 Å². The third-order valence-electron chi connectivity index (χ3n) is 3.97. The maximum absolute atomic E-state index is 10.1. The Morgan fingerprint density at radius 2 is 2.20 bits per heavy atom.